The summed E-state index contributed by atoms with van der Waals surface area (Å²) in [5.41, 5.74) is 1.76. The Hall–Kier alpha value is -3.40. The third-order valence-electron chi connectivity index (χ3n) is 6.25. The standard InChI is InChI=1S/C24H27N5O2/c1-15(2)16-7-9-19(10-8-16)29-14-17-11-22(23(31-3)12-21(17)28-29)27-24(30)20-6-4-5-18(13-25)26-20/h4-6,11-12,14-16,19H,7-10H2,1-3H3,(H,27,30). The van der Waals surface area contributed by atoms with Crippen LogP contribution in [-0.4, -0.2) is 27.8 Å². The average Bonchev–Trinajstić information content (AvgIpc) is 3.21. The summed E-state index contributed by atoms with van der Waals surface area (Å²) >= 11 is 0. The maximum Gasteiger partial charge on any atom is 0.274 e. The molecule has 160 valence electrons. The molecule has 1 amide bonds. The van der Waals surface area contributed by atoms with Crippen LogP contribution in [0.25, 0.3) is 10.9 Å². The average molecular weight is 418 g/mol. The van der Waals surface area contributed by atoms with Crippen LogP contribution in [-0.2, 0) is 0 Å². The van der Waals surface area contributed by atoms with Crippen molar-refractivity contribution >= 4 is 22.5 Å². The number of rotatable bonds is 5. The summed E-state index contributed by atoms with van der Waals surface area (Å²) in [6.45, 7) is 4.61. The van der Waals surface area contributed by atoms with Gasteiger partial charge in [0.25, 0.3) is 5.91 Å². The number of anilines is 1. The Morgan fingerprint density at radius 3 is 2.71 bits per heavy atom. The number of aromatic nitrogens is 3. The fourth-order valence-corrected chi connectivity index (χ4v) is 4.37. The highest BCUT2D eigenvalue weighted by atomic mass is 16.5. The van der Waals surface area contributed by atoms with Crippen molar-refractivity contribution in [2.75, 3.05) is 12.4 Å². The Bertz CT molecular complexity index is 1140. The molecule has 0 spiro atoms. The number of hydrogen-bond donors (Lipinski definition) is 1. The van der Waals surface area contributed by atoms with Crippen LogP contribution < -0.4 is 10.1 Å². The van der Waals surface area contributed by atoms with Crippen molar-refractivity contribution < 1.29 is 9.53 Å². The van der Waals surface area contributed by atoms with E-state index in [0.29, 0.717) is 17.5 Å². The first kappa shape index (κ1) is 20.9. The van der Waals surface area contributed by atoms with E-state index in [-0.39, 0.29) is 11.4 Å². The number of nitriles is 1. The first-order valence-electron chi connectivity index (χ1n) is 10.7. The van der Waals surface area contributed by atoms with E-state index in [4.69, 9.17) is 15.1 Å². The number of carbonyl (C=O) groups is 1. The van der Waals surface area contributed by atoms with E-state index in [1.807, 2.05) is 18.2 Å². The molecule has 1 fully saturated rings. The summed E-state index contributed by atoms with van der Waals surface area (Å²) in [5.74, 6) is 1.67. The van der Waals surface area contributed by atoms with Gasteiger partial charge in [-0.2, -0.15) is 10.4 Å². The fraction of sp³-hybridized carbons (Fsp3) is 0.417. The third kappa shape index (κ3) is 4.38. The first-order chi connectivity index (χ1) is 15.0. The summed E-state index contributed by atoms with van der Waals surface area (Å²) in [4.78, 5) is 16.7. The van der Waals surface area contributed by atoms with Gasteiger partial charge in [0, 0.05) is 17.6 Å². The van der Waals surface area contributed by atoms with E-state index in [9.17, 15) is 4.79 Å². The van der Waals surface area contributed by atoms with E-state index in [1.165, 1.54) is 12.8 Å². The van der Waals surface area contributed by atoms with E-state index in [1.54, 1.807) is 25.3 Å². The number of methoxy groups -OCH3 is 1. The molecule has 7 heteroatoms. The molecule has 0 saturated heterocycles. The molecule has 0 radical (unpaired) electrons. The molecule has 1 aliphatic rings. The minimum Gasteiger partial charge on any atom is -0.494 e. The van der Waals surface area contributed by atoms with Gasteiger partial charge in [-0.05, 0) is 55.7 Å². The zero-order chi connectivity index (χ0) is 22.0. The number of nitrogens with one attached hydrogen (secondary N) is 1. The Morgan fingerprint density at radius 1 is 1.26 bits per heavy atom. The molecule has 1 aromatic carbocycles. The topological polar surface area (TPSA) is 92.8 Å². The minimum absolute atomic E-state index is 0.179. The van der Waals surface area contributed by atoms with Gasteiger partial charge in [0.2, 0.25) is 0 Å². The summed E-state index contributed by atoms with van der Waals surface area (Å²) in [7, 11) is 1.57. The smallest absolute Gasteiger partial charge is 0.274 e. The molecule has 3 aromatic rings. The predicted octanol–water partition coefficient (Wildman–Crippen LogP) is 4.95. The lowest BCUT2D eigenvalue weighted by molar-refractivity contribution is 0.102. The van der Waals surface area contributed by atoms with Gasteiger partial charge in [0.1, 0.15) is 23.2 Å². The van der Waals surface area contributed by atoms with Crippen molar-refractivity contribution in [1.82, 2.24) is 14.8 Å². The van der Waals surface area contributed by atoms with E-state index < -0.39 is 5.91 Å². The first-order valence-corrected chi connectivity index (χ1v) is 10.7. The lowest BCUT2D eigenvalue weighted by atomic mass is 9.80. The summed E-state index contributed by atoms with van der Waals surface area (Å²) in [6.07, 6.45) is 6.80. The van der Waals surface area contributed by atoms with Crippen LogP contribution in [0.3, 0.4) is 0 Å². The zero-order valence-electron chi connectivity index (χ0n) is 18.1. The van der Waals surface area contributed by atoms with E-state index in [0.717, 1.165) is 35.6 Å². The van der Waals surface area contributed by atoms with Crippen LogP contribution in [0.1, 0.15) is 61.8 Å². The largest absolute Gasteiger partial charge is 0.494 e. The van der Waals surface area contributed by atoms with Crippen LogP contribution >= 0.6 is 0 Å². The van der Waals surface area contributed by atoms with Gasteiger partial charge in [-0.15, -0.1) is 0 Å². The molecule has 0 aliphatic heterocycles. The van der Waals surface area contributed by atoms with Gasteiger partial charge < -0.3 is 10.1 Å². The van der Waals surface area contributed by atoms with Crippen molar-refractivity contribution in [2.24, 2.45) is 11.8 Å². The van der Waals surface area contributed by atoms with Gasteiger partial charge in [0.15, 0.2) is 0 Å². The Balaban J connectivity index is 1.57. The number of amides is 1. The number of pyridine rings is 1. The van der Waals surface area contributed by atoms with Gasteiger partial charge in [-0.3, -0.25) is 9.48 Å². The number of nitrogens with zero attached hydrogens (tertiary/aromatic N) is 4. The molecule has 0 unspecified atom stereocenters. The maximum absolute atomic E-state index is 12.7. The van der Waals surface area contributed by atoms with Gasteiger partial charge in [0.05, 0.1) is 24.4 Å². The Labute approximate surface area is 182 Å². The van der Waals surface area contributed by atoms with Gasteiger partial charge in [-0.25, -0.2) is 4.98 Å². The third-order valence-corrected chi connectivity index (χ3v) is 6.25. The van der Waals surface area contributed by atoms with Crippen molar-refractivity contribution in [3.8, 4) is 11.8 Å². The van der Waals surface area contributed by atoms with Crippen molar-refractivity contribution in [2.45, 2.75) is 45.6 Å². The molecule has 1 N–H and O–H groups in total. The number of carbonyl (C=O) groups excluding carboxylic acids is 1. The van der Waals surface area contributed by atoms with Crippen molar-refractivity contribution in [1.29, 1.82) is 5.26 Å². The van der Waals surface area contributed by atoms with Crippen LogP contribution in [0.4, 0.5) is 5.69 Å². The summed E-state index contributed by atoms with van der Waals surface area (Å²) in [5, 5.41) is 17.6. The highest BCUT2D eigenvalue weighted by Gasteiger charge is 2.25. The second-order valence-corrected chi connectivity index (χ2v) is 8.51. The lowest BCUT2D eigenvalue weighted by Crippen LogP contribution is -2.21. The Kier molecular flexibility index (Phi) is 5.90. The van der Waals surface area contributed by atoms with E-state index in [2.05, 4.69) is 35.0 Å². The molecule has 1 aliphatic carbocycles. The normalized spacial score (nSPS) is 18.7. The number of ether oxygens (including phenoxy) is 1. The van der Waals surface area contributed by atoms with Crippen LogP contribution in [0.2, 0.25) is 0 Å². The second kappa shape index (κ2) is 8.76. The zero-order valence-corrected chi connectivity index (χ0v) is 18.1. The van der Waals surface area contributed by atoms with Gasteiger partial charge in [-0.1, -0.05) is 19.9 Å². The lowest BCUT2D eigenvalue weighted by Gasteiger charge is -2.30. The molecule has 31 heavy (non-hydrogen) atoms. The van der Waals surface area contributed by atoms with Crippen molar-refractivity contribution in [3.63, 3.8) is 0 Å². The second-order valence-electron chi connectivity index (χ2n) is 8.51. The highest BCUT2D eigenvalue weighted by Crippen LogP contribution is 2.37. The molecular formula is C24H27N5O2. The minimum atomic E-state index is -0.394. The molecule has 0 atom stereocenters. The summed E-state index contributed by atoms with van der Waals surface area (Å²) < 4.78 is 7.57. The number of fused-ring (bicyclic) bond motifs is 1. The van der Waals surface area contributed by atoms with Crippen LogP contribution in [0.15, 0.2) is 36.5 Å². The molecule has 2 aromatic heterocycles. The quantitative estimate of drug-likeness (QED) is 0.634. The van der Waals surface area contributed by atoms with Gasteiger partial charge >= 0.3 is 0 Å². The SMILES string of the molecule is COc1cc2nn(C3CCC(C(C)C)CC3)cc2cc1NC(=O)c1cccc(C#N)n1. The Morgan fingerprint density at radius 2 is 2.03 bits per heavy atom. The van der Waals surface area contributed by atoms with Crippen LogP contribution in [0.5, 0.6) is 5.75 Å². The molecule has 2 heterocycles. The number of benzene rings is 1. The summed E-state index contributed by atoms with van der Waals surface area (Å²) in [6, 6.07) is 10.9. The number of hydrogen-bond acceptors (Lipinski definition) is 5. The predicted molar refractivity (Wildman–Crippen MR) is 119 cm³/mol. The monoisotopic (exact) mass is 417 g/mol. The molecule has 7 nitrogen and oxygen atoms in total. The maximum atomic E-state index is 12.7. The molecular weight excluding hydrogens is 390 g/mol. The molecule has 1 saturated carbocycles. The van der Waals surface area contributed by atoms with E-state index >= 15 is 0 Å². The fourth-order valence-electron chi connectivity index (χ4n) is 4.37. The molecule has 4 rings (SSSR count). The van der Waals surface area contributed by atoms with Crippen molar-refractivity contribution in [3.05, 3.63) is 47.9 Å². The molecule has 0 bridgehead atoms. The highest BCUT2D eigenvalue weighted by molar-refractivity contribution is 6.05. The van der Waals surface area contributed by atoms with Crippen LogP contribution in [0, 0.1) is 23.2 Å².